The van der Waals surface area contributed by atoms with Crippen LogP contribution in [0.1, 0.15) is 27.0 Å². The molecule has 0 amide bonds. The molecule has 0 fully saturated rings. The fourth-order valence-corrected chi connectivity index (χ4v) is 3.35. The van der Waals surface area contributed by atoms with Crippen LogP contribution in [0, 0.1) is 0 Å². The van der Waals surface area contributed by atoms with Gasteiger partial charge in [0.1, 0.15) is 6.26 Å². The minimum absolute atomic E-state index is 0.0523. The van der Waals surface area contributed by atoms with Crippen molar-refractivity contribution in [3.8, 4) is 0 Å². The minimum Gasteiger partial charge on any atom is -0.465 e. The van der Waals surface area contributed by atoms with Gasteiger partial charge in [0.15, 0.2) is 0 Å². The summed E-state index contributed by atoms with van der Waals surface area (Å²) in [5.74, 6) is -0.652. The fraction of sp³-hybridized carbons (Fsp3) is 0.267. The molecule has 1 aliphatic heterocycles. The van der Waals surface area contributed by atoms with Gasteiger partial charge < -0.3 is 14.5 Å². The zero-order valence-corrected chi connectivity index (χ0v) is 13.3. The molecule has 2 aromatic rings. The normalized spacial score (nSPS) is 13.8. The van der Waals surface area contributed by atoms with E-state index in [1.54, 1.807) is 0 Å². The zero-order chi connectivity index (χ0) is 16.4. The van der Waals surface area contributed by atoms with E-state index in [9.17, 15) is 13.2 Å². The Kier molecular flexibility index (Phi) is 4.20. The number of benzene rings is 1. The van der Waals surface area contributed by atoms with Crippen LogP contribution in [0.25, 0.3) is 0 Å². The number of hydrogen-bond donors (Lipinski definition) is 2. The summed E-state index contributed by atoms with van der Waals surface area (Å²) < 4.78 is 36.3. The molecule has 23 heavy (non-hydrogen) atoms. The number of carbonyl (C=O) groups is 1. The molecule has 1 aliphatic rings. The first-order valence-corrected chi connectivity index (χ1v) is 8.46. The Hall–Kier alpha value is -2.16. The molecular weight excluding hydrogens is 320 g/mol. The maximum absolute atomic E-state index is 12.2. The van der Waals surface area contributed by atoms with Crippen molar-refractivity contribution in [2.75, 3.05) is 7.11 Å². The number of hydrogen-bond acceptors (Lipinski definition) is 6. The second kappa shape index (κ2) is 6.15. The highest BCUT2D eigenvalue weighted by molar-refractivity contribution is 7.89. The average Bonchev–Trinajstić information content (AvgIpc) is 3.21. The third-order valence-corrected chi connectivity index (χ3v) is 4.90. The summed E-state index contributed by atoms with van der Waals surface area (Å²) in [5.41, 5.74) is 3.31. The first-order chi connectivity index (χ1) is 11.0. The van der Waals surface area contributed by atoms with Crippen molar-refractivity contribution >= 4 is 16.0 Å². The molecule has 0 radical (unpaired) electrons. The molecule has 2 N–H and O–H groups in total. The van der Waals surface area contributed by atoms with Crippen molar-refractivity contribution in [2.24, 2.45) is 0 Å². The van der Waals surface area contributed by atoms with Gasteiger partial charge in [-0.3, -0.25) is 0 Å². The number of methoxy groups -OCH3 is 1. The van der Waals surface area contributed by atoms with Crippen molar-refractivity contribution in [3.63, 3.8) is 0 Å². The summed E-state index contributed by atoms with van der Waals surface area (Å²) in [6, 6.07) is 6.98. The van der Waals surface area contributed by atoms with Crippen LogP contribution >= 0.6 is 0 Å². The molecule has 1 aromatic heterocycles. The summed E-state index contributed by atoms with van der Waals surface area (Å²) in [6.07, 6.45) is 1.06. The summed E-state index contributed by atoms with van der Waals surface area (Å²) in [7, 11) is -2.62. The van der Waals surface area contributed by atoms with Gasteiger partial charge >= 0.3 is 5.97 Å². The largest absolute Gasteiger partial charge is 0.465 e. The van der Waals surface area contributed by atoms with Crippen molar-refractivity contribution in [3.05, 3.63) is 52.8 Å². The summed E-state index contributed by atoms with van der Waals surface area (Å²) in [4.78, 5) is 11.3. The Morgan fingerprint density at radius 2 is 2.09 bits per heavy atom. The van der Waals surface area contributed by atoms with Crippen LogP contribution in [-0.2, 0) is 34.4 Å². The summed E-state index contributed by atoms with van der Waals surface area (Å²) in [5, 5.41) is 2.92. The Bertz CT molecular complexity index is 841. The van der Waals surface area contributed by atoms with E-state index in [0.717, 1.165) is 31.0 Å². The van der Waals surface area contributed by atoms with E-state index in [0.29, 0.717) is 0 Å². The summed E-state index contributed by atoms with van der Waals surface area (Å²) in [6.45, 7) is 1.77. The van der Waals surface area contributed by atoms with Crippen LogP contribution in [-0.4, -0.2) is 21.5 Å². The molecular formula is C15H16N2O5S. The lowest BCUT2D eigenvalue weighted by Gasteiger charge is -2.06. The van der Waals surface area contributed by atoms with E-state index in [1.165, 1.54) is 18.2 Å². The Morgan fingerprint density at radius 1 is 1.30 bits per heavy atom. The molecule has 0 aliphatic carbocycles. The fourth-order valence-electron chi connectivity index (χ4n) is 2.39. The van der Waals surface area contributed by atoms with Crippen LogP contribution in [0.4, 0.5) is 0 Å². The standard InChI is InChI=1S/C15H16N2O5S/c1-21-15(18)13-5-14(22-9-13)23(19,20)17-6-10-2-3-11-7-16-8-12(11)4-10/h2-5,9,16-17H,6-8H2,1H3. The second-order valence-electron chi connectivity index (χ2n) is 5.18. The lowest BCUT2D eigenvalue weighted by atomic mass is 10.1. The molecule has 0 bridgehead atoms. The molecule has 2 heterocycles. The molecule has 0 unspecified atom stereocenters. The van der Waals surface area contributed by atoms with E-state index >= 15 is 0 Å². The highest BCUT2D eigenvalue weighted by Crippen LogP contribution is 2.18. The molecule has 1 aromatic carbocycles. The van der Waals surface area contributed by atoms with Gasteiger partial charge in [0.05, 0.1) is 12.7 Å². The molecule has 0 saturated heterocycles. The lowest BCUT2D eigenvalue weighted by molar-refractivity contribution is 0.0600. The number of rotatable bonds is 5. The van der Waals surface area contributed by atoms with Gasteiger partial charge in [0, 0.05) is 25.7 Å². The van der Waals surface area contributed by atoms with Gasteiger partial charge in [0.2, 0.25) is 5.09 Å². The van der Waals surface area contributed by atoms with E-state index in [-0.39, 0.29) is 17.2 Å². The van der Waals surface area contributed by atoms with Crippen LogP contribution in [0.15, 0.2) is 40.0 Å². The Morgan fingerprint density at radius 3 is 2.87 bits per heavy atom. The molecule has 0 saturated carbocycles. The van der Waals surface area contributed by atoms with Gasteiger partial charge in [-0.2, -0.15) is 0 Å². The molecule has 3 rings (SSSR count). The first-order valence-electron chi connectivity index (χ1n) is 6.97. The van der Waals surface area contributed by atoms with Crippen LogP contribution in [0.3, 0.4) is 0 Å². The van der Waals surface area contributed by atoms with Crippen LogP contribution < -0.4 is 10.0 Å². The predicted octanol–water partition coefficient (Wildman–Crippen LogP) is 1.15. The minimum atomic E-state index is -3.83. The zero-order valence-electron chi connectivity index (χ0n) is 12.5. The van der Waals surface area contributed by atoms with Gasteiger partial charge in [-0.05, 0) is 16.7 Å². The lowest BCUT2D eigenvalue weighted by Crippen LogP contribution is -2.22. The molecule has 0 spiro atoms. The number of furan rings is 1. The molecule has 8 heteroatoms. The molecule has 7 nitrogen and oxygen atoms in total. The van der Waals surface area contributed by atoms with Crippen molar-refractivity contribution in [1.29, 1.82) is 0 Å². The van der Waals surface area contributed by atoms with Crippen molar-refractivity contribution < 1.29 is 22.4 Å². The topological polar surface area (TPSA) is 97.6 Å². The SMILES string of the molecule is COC(=O)c1coc(S(=O)(=O)NCc2ccc3c(c2)CNC3)c1. The molecule has 0 atom stereocenters. The van der Waals surface area contributed by atoms with Gasteiger partial charge in [-0.15, -0.1) is 0 Å². The number of esters is 1. The number of ether oxygens (including phenoxy) is 1. The maximum Gasteiger partial charge on any atom is 0.341 e. The van der Waals surface area contributed by atoms with Crippen LogP contribution in [0.2, 0.25) is 0 Å². The maximum atomic E-state index is 12.2. The van der Waals surface area contributed by atoms with Gasteiger partial charge in [-0.25, -0.2) is 17.9 Å². The highest BCUT2D eigenvalue weighted by Gasteiger charge is 2.21. The quantitative estimate of drug-likeness (QED) is 0.795. The second-order valence-corrected chi connectivity index (χ2v) is 6.88. The van der Waals surface area contributed by atoms with E-state index < -0.39 is 16.0 Å². The summed E-state index contributed by atoms with van der Waals surface area (Å²) >= 11 is 0. The Balaban J connectivity index is 1.71. The number of carbonyl (C=O) groups excluding carboxylic acids is 1. The smallest absolute Gasteiger partial charge is 0.341 e. The number of sulfonamides is 1. The highest BCUT2D eigenvalue weighted by atomic mass is 32.2. The third kappa shape index (κ3) is 3.29. The van der Waals surface area contributed by atoms with Crippen LogP contribution in [0.5, 0.6) is 0 Å². The predicted molar refractivity (Wildman–Crippen MR) is 81.1 cm³/mol. The average molecular weight is 336 g/mol. The number of fused-ring (bicyclic) bond motifs is 1. The van der Waals surface area contributed by atoms with Crippen molar-refractivity contribution in [2.45, 2.75) is 24.7 Å². The monoisotopic (exact) mass is 336 g/mol. The van der Waals surface area contributed by atoms with E-state index in [1.807, 2.05) is 18.2 Å². The van der Waals surface area contributed by atoms with Gasteiger partial charge in [-0.1, -0.05) is 18.2 Å². The molecule has 122 valence electrons. The third-order valence-electron chi connectivity index (χ3n) is 3.63. The number of nitrogens with one attached hydrogen (secondary N) is 2. The Labute approximate surface area is 133 Å². The first kappa shape index (κ1) is 15.7. The van der Waals surface area contributed by atoms with Crippen molar-refractivity contribution in [1.82, 2.24) is 10.0 Å². The van der Waals surface area contributed by atoms with E-state index in [4.69, 9.17) is 4.42 Å². The van der Waals surface area contributed by atoms with Gasteiger partial charge in [0.25, 0.3) is 10.0 Å². The van der Waals surface area contributed by atoms with E-state index in [2.05, 4.69) is 14.8 Å².